The molecule has 10 heteroatoms. The minimum atomic E-state index is -0.132. The van der Waals surface area contributed by atoms with Crippen LogP contribution in [-0.2, 0) is 20.0 Å². The third-order valence-electron chi connectivity index (χ3n) is 5.37. The molecule has 6 rings (SSSR count). The van der Waals surface area contributed by atoms with Gasteiger partial charge in [-0.2, -0.15) is 10.2 Å². The summed E-state index contributed by atoms with van der Waals surface area (Å²) in [6, 6.07) is 5.89. The highest BCUT2D eigenvalue weighted by atomic mass is 32.1. The molecule has 148 valence electrons. The topological polar surface area (TPSA) is 106 Å². The Balaban J connectivity index is 1.44. The lowest BCUT2D eigenvalue weighted by molar-refractivity contribution is 0.647. The van der Waals surface area contributed by atoms with E-state index in [2.05, 4.69) is 25.3 Å². The molecule has 0 bridgehead atoms. The lowest BCUT2D eigenvalue weighted by Gasteiger charge is -2.07. The van der Waals surface area contributed by atoms with Crippen LogP contribution in [0.4, 0.5) is 0 Å². The smallest absolute Gasteiger partial charge is 0.291 e. The minimum Gasteiger partial charge on any atom is -0.323 e. The Hall–Kier alpha value is -3.66. The van der Waals surface area contributed by atoms with Crippen LogP contribution in [0.15, 0.2) is 45.4 Å². The average molecular weight is 416 g/mol. The Morgan fingerprint density at radius 2 is 2.17 bits per heavy atom. The quantitative estimate of drug-likeness (QED) is 0.485. The van der Waals surface area contributed by atoms with Crippen molar-refractivity contribution in [3.05, 3.63) is 51.5 Å². The molecule has 1 aliphatic rings. The molecule has 0 radical (unpaired) electrons. The molecular formula is C20H16N8OS. The number of aromatic amines is 1. The van der Waals surface area contributed by atoms with Gasteiger partial charge in [0.25, 0.3) is 5.56 Å². The van der Waals surface area contributed by atoms with Crippen molar-refractivity contribution in [1.82, 2.24) is 29.5 Å². The number of nitrogens with zero attached hydrogens (tertiary/aromatic N) is 7. The third-order valence-corrected chi connectivity index (χ3v) is 6.45. The highest BCUT2D eigenvalue weighted by Crippen LogP contribution is 2.31. The average Bonchev–Trinajstić information content (AvgIpc) is 3.52. The van der Waals surface area contributed by atoms with Gasteiger partial charge in [-0.3, -0.25) is 14.9 Å². The number of aryl methyl sites for hydroxylation is 1. The van der Waals surface area contributed by atoms with Crippen LogP contribution < -0.4 is 5.56 Å². The summed E-state index contributed by atoms with van der Waals surface area (Å²) in [5.74, 6) is 0.798. The van der Waals surface area contributed by atoms with Crippen LogP contribution in [0.1, 0.15) is 10.6 Å². The van der Waals surface area contributed by atoms with Crippen LogP contribution in [0.5, 0.6) is 0 Å². The van der Waals surface area contributed by atoms with E-state index in [9.17, 15) is 4.79 Å². The monoisotopic (exact) mass is 416 g/mol. The standard InChI is InChI=1S/C20H16N8OS/c1-27-17-13(18-19(27)25-16(30-18)7-15-21-5-6-22-15)9-24-28(20(17)29)10-11-3-2-4-14-12(11)8-23-26-14/h2-5,8-9H,6-7,10H2,1H3,(H,23,26). The molecule has 0 unspecified atom stereocenters. The number of benzene rings is 1. The molecule has 0 aliphatic carbocycles. The maximum atomic E-state index is 13.3. The summed E-state index contributed by atoms with van der Waals surface area (Å²) in [7, 11) is 1.88. The predicted molar refractivity (Wildman–Crippen MR) is 118 cm³/mol. The Morgan fingerprint density at radius 1 is 1.23 bits per heavy atom. The molecule has 4 aromatic heterocycles. The molecule has 0 atom stereocenters. The Bertz CT molecular complexity index is 1560. The third kappa shape index (κ3) is 2.53. The lowest BCUT2D eigenvalue weighted by Crippen LogP contribution is -2.24. The first-order valence-electron chi connectivity index (χ1n) is 9.50. The second-order valence-electron chi connectivity index (χ2n) is 7.18. The van der Waals surface area contributed by atoms with E-state index >= 15 is 0 Å². The first kappa shape index (κ1) is 17.2. The summed E-state index contributed by atoms with van der Waals surface area (Å²) in [4.78, 5) is 26.6. The molecule has 0 amide bonds. The number of H-pyrrole nitrogens is 1. The van der Waals surface area contributed by atoms with Crippen molar-refractivity contribution in [1.29, 1.82) is 0 Å². The second-order valence-corrected chi connectivity index (χ2v) is 8.27. The van der Waals surface area contributed by atoms with Crippen molar-refractivity contribution in [2.75, 3.05) is 6.54 Å². The number of thiazole rings is 1. The largest absolute Gasteiger partial charge is 0.323 e. The molecule has 1 N–H and O–H groups in total. The fourth-order valence-electron chi connectivity index (χ4n) is 3.92. The predicted octanol–water partition coefficient (Wildman–Crippen LogP) is 2.29. The fraction of sp³-hybridized carbons (Fsp3) is 0.200. The van der Waals surface area contributed by atoms with Gasteiger partial charge >= 0.3 is 0 Å². The molecular weight excluding hydrogens is 400 g/mol. The van der Waals surface area contributed by atoms with Crippen LogP contribution in [0.2, 0.25) is 0 Å². The number of amidine groups is 1. The van der Waals surface area contributed by atoms with Gasteiger partial charge in [-0.1, -0.05) is 12.1 Å². The summed E-state index contributed by atoms with van der Waals surface area (Å²) in [5.41, 5.74) is 3.20. The molecule has 5 heterocycles. The summed E-state index contributed by atoms with van der Waals surface area (Å²) >= 11 is 1.57. The van der Waals surface area contributed by atoms with Gasteiger partial charge in [0.05, 0.1) is 42.1 Å². The van der Waals surface area contributed by atoms with E-state index < -0.39 is 0 Å². The lowest BCUT2D eigenvalue weighted by atomic mass is 10.1. The normalized spacial score (nSPS) is 13.8. The van der Waals surface area contributed by atoms with Crippen molar-refractivity contribution in [3.63, 3.8) is 0 Å². The number of hydrogen-bond acceptors (Lipinski definition) is 7. The van der Waals surface area contributed by atoms with Crippen molar-refractivity contribution in [2.24, 2.45) is 17.0 Å². The zero-order chi connectivity index (χ0) is 20.2. The van der Waals surface area contributed by atoms with Crippen molar-refractivity contribution in [3.8, 4) is 0 Å². The van der Waals surface area contributed by atoms with E-state index in [4.69, 9.17) is 4.98 Å². The first-order valence-corrected chi connectivity index (χ1v) is 10.3. The number of rotatable bonds is 4. The Labute approximate surface area is 173 Å². The number of nitrogens with one attached hydrogen (secondary N) is 1. The Morgan fingerprint density at radius 3 is 3.03 bits per heavy atom. The molecule has 0 saturated heterocycles. The molecule has 9 nitrogen and oxygen atoms in total. The van der Waals surface area contributed by atoms with E-state index in [0.29, 0.717) is 25.0 Å². The zero-order valence-electron chi connectivity index (χ0n) is 16.0. The van der Waals surface area contributed by atoms with Crippen LogP contribution in [-0.4, -0.2) is 48.1 Å². The second kappa shape index (κ2) is 6.42. The van der Waals surface area contributed by atoms with Crippen molar-refractivity contribution < 1.29 is 0 Å². The fourth-order valence-corrected chi connectivity index (χ4v) is 5.02. The molecule has 0 saturated carbocycles. The van der Waals surface area contributed by atoms with E-state index in [1.54, 1.807) is 29.9 Å². The van der Waals surface area contributed by atoms with Gasteiger partial charge in [0.15, 0.2) is 5.65 Å². The minimum absolute atomic E-state index is 0.132. The van der Waals surface area contributed by atoms with E-state index in [0.717, 1.165) is 43.0 Å². The van der Waals surface area contributed by atoms with Gasteiger partial charge in [-0.05, 0) is 11.6 Å². The van der Waals surface area contributed by atoms with E-state index in [-0.39, 0.29) is 5.56 Å². The number of fused-ring (bicyclic) bond motifs is 4. The molecule has 1 aliphatic heterocycles. The van der Waals surface area contributed by atoms with E-state index in [1.165, 1.54) is 4.68 Å². The first-order chi connectivity index (χ1) is 14.7. The van der Waals surface area contributed by atoms with Gasteiger partial charge in [0.2, 0.25) is 0 Å². The molecule has 5 aromatic rings. The SMILES string of the molecule is Cn1c2nc(CC3=NCC=N3)sc2c2cnn(Cc3cccc4[nH]ncc34)c(=O)c21. The van der Waals surface area contributed by atoms with Crippen molar-refractivity contribution >= 4 is 55.5 Å². The van der Waals surface area contributed by atoms with Crippen LogP contribution >= 0.6 is 11.3 Å². The van der Waals surface area contributed by atoms with Gasteiger partial charge in [-0.25, -0.2) is 14.7 Å². The molecule has 30 heavy (non-hydrogen) atoms. The molecule has 0 spiro atoms. The summed E-state index contributed by atoms with van der Waals surface area (Å²) in [5, 5.41) is 14.3. The maximum absolute atomic E-state index is 13.3. The van der Waals surface area contributed by atoms with Crippen molar-refractivity contribution in [2.45, 2.75) is 13.0 Å². The zero-order valence-corrected chi connectivity index (χ0v) is 16.8. The highest BCUT2D eigenvalue weighted by molar-refractivity contribution is 7.19. The van der Waals surface area contributed by atoms with Crippen LogP contribution in [0.3, 0.4) is 0 Å². The Kier molecular flexibility index (Phi) is 3.69. The number of hydrogen-bond donors (Lipinski definition) is 1. The van der Waals surface area contributed by atoms with Gasteiger partial charge < -0.3 is 4.57 Å². The molecule has 0 fully saturated rings. The molecule has 1 aromatic carbocycles. The summed E-state index contributed by atoms with van der Waals surface area (Å²) in [6.45, 7) is 1.01. The highest BCUT2D eigenvalue weighted by Gasteiger charge is 2.19. The summed E-state index contributed by atoms with van der Waals surface area (Å²) in [6.07, 6.45) is 5.95. The maximum Gasteiger partial charge on any atom is 0.291 e. The van der Waals surface area contributed by atoms with Crippen LogP contribution in [0, 0.1) is 0 Å². The number of aliphatic imine (C=N–C) groups is 2. The number of aromatic nitrogens is 6. The van der Waals surface area contributed by atoms with Gasteiger partial charge in [-0.15, -0.1) is 11.3 Å². The van der Waals surface area contributed by atoms with Gasteiger partial charge in [0, 0.05) is 24.0 Å². The summed E-state index contributed by atoms with van der Waals surface area (Å²) < 4.78 is 4.33. The van der Waals surface area contributed by atoms with Crippen LogP contribution in [0.25, 0.3) is 32.2 Å². The van der Waals surface area contributed by atoms with Gasteiger partial charge in [0.1, 0.15) is 16.4 Å². The van der Waals surface area contributed by atoms with E-state index in [1.807, 2.05) is 29.8 Å².